The topological polar surface area (TPSA) is 52.3 Å². The van der Waals surface area contributed by atoms with E-state index in [1.165, 1.54) is 18.5 Å². The fraction of sp³-hybridized carbons (Fsp3) is 0. The molecule has 0 fully saturated rings. The van der Waals surface area contributed by atoms with E-state index >= 15 is 0 Å². The molecule has 1 heterocycles. The van der Waals surface area contributed by atoms with E-state index in [2.05, 4.69) is 4.98 Å². The van der Waals surface area contributed by atoms with E-state index in [0.29, 0.717) is 22.6 Å². The van der Waals surface area contributed by atoms with Gasteiger partial charge >= 0.3 is 0 Å². The molecule has 20 heavy (non-hydrogen) atoms. The second kappa shape index (κ2) is 5.15. The minimum atomic E-state index is -0.612. The molecule has 0 spiro atoms. The first-order valence-corrected chi connectivity index (χ1v) is 6.40. The van der Waals surface area contributed by atoms with Crippen molar-refractivity contribution in [3.8, 4) is 11.5 Å². The number of carbonyl (C=O) groups is 1. The lowest BCUT2D eigenvalue weighted by Gasteiger charge is -2.07. The van der Waals surface area contributed by atoms with Crippen LogP contribution in [-0.2, 0) is 0 Å². The molecule has 3 aromatic rings. The van der Waals surface area contributed by atoms with Gasteiger partial charge in [0, 0.05) is 6.07 Å². The van der Waals surface area contributed by atoms with Crippen LogP contribution in [0.3, 0.4) is 0 Å². The third-order valence-corrected chi connectivity index (χ3v) is 3.22. The van der Waals surface area contributed by atoms with Gasteiger partial charge < -0.3 is 9.15 Å². The highest BCUT2D eigenvalue weighted by molar-refractivity contribution is 6.68. The van der Waals surface area contributed by atoms with Crippen molar-refractivity contribution in [2.45, 2.75) is 0 Å². The number of carbonyl (C=O) groups excluding carboxylic acids is 1. The molecule has 0 aliphatic rings. The van der Waals surface area contributed by atoms with E-state index in [0.717, 1.165) is 0 Å². The van der Waals surface area contributed by atoms with Gasteiger partial charge in [-0.1, -0.05) is 17.7 Å². The summed E-state index contributed by atoms with van der Waals surface area (Å²) in [6.45, 7) is 0. The van der Waals surface area contributed by atoms with Crippen molar-refractivity contribution >= 4 is 39.5 Å². The molecule has 4 nitrogen and oxygen atoms in total. The fourth-order valence-corrected chi connectivity index (χ4v) is 2.26. The van der Waals surface area contributed by atoms with Crippen LogP contribution >= 0.6 is 23.2 Å². The van der Waals surface area contributed by atoms with E-state index in [4.69, 9.17) is 32.4 Å². The molecule has 1 aromatic heterocycles. The second-order valence-corrected chi connectivity index (χ2v) is 4.72. The number of fused-ring (bicyclic) bond motifs is 1. The molecular formula is C14H7Cl2NO3. The zero-order chi connectivity index (χ0) is 14.1. The van der Waals surface area contributed by atoms with Crippen LogP contribution in [0.1, 0.15) is 10.4 Å². The minimum absolute atomic E-state index is 0.229. The summed E-state index contributed by atoms with van der Waals surface area (Å²) in [6, 6.07) is 10.0. The minimum Gasteiger partial charge on any atom is -0.453 e. The van der Waals surface area contributed by atoms with Gasteiger partial charge in [-0.05, 0) is 35.9 Å². The maximum absolute atomic E-state index is 11.1. The number of hydrogen-bond acceptors (Lipinski definition) is 4. The number of oxazole rings is 1. The molecule has 0 amide bonds. The maximum Gasteiger partial charge on any atom is 0.253 e. The molecule has 0 N–H and O–H groups in total. The van der Waals surface area contributed by atoms with Crippen LogP contribution in [-0.4, -0.2) is 10.2 Å². The Labute approximate surface area is 123 Å². The summed E-state index contributed by atoms with van der Waals surface area (Å²) in [4.78, 5) is 15.1. The van der Waals surface area contributed by atoms with E-state index in [9.17, 15) is 4.79 Å². The van der Waals surface area contributed by atoms with Gasteiger partial charge in [-0.15, -0.1) is 0 Å². The molecule has 0 atom stereocenters. The third-order valence-electron chi connectivity index (χ3n) is 2.70. The molecule has 2 aromatic carbocycles. The van der Waals surface area contributed by atoms with Crippen LogP contribution < -0.4 is 4.74 Å². The number of nitrogens with zero attached hydrogens (tertiary/aromatic N) is 1. The van der Waals surface area contributed by atoms with Gasteiger partial charge in [0.2, 0.25) is 0 Å². The van der Waals surface area contributed by atoms with Crippen LogP contribution in [0, 0.1) is 0 Å². The zero-order valence-electron chi connectivity index (χ0n) is 9.97. The van der Waals surface area contributed by atoms with Gasteiger partial charge in [0.05, 0.1) is 10.6 Å². The molecule has 0 aliphatic heterocycles. The summed E-state index contributed by atoms with van der Waals surface area (Å²) in [6.07, 6.45) is 1.35. The van der Waals surface area contributed by atoms with E-state index in [-0.39, 0.29) is 10.6 Å². The summed E-state index contributed by atoms with van der Waals surface area (Å²) in [5, 5.41) is -0.383. The zero-order valence-corrected chi connectivity index (χ0v) is 11.5. The largest absolute Gasteiger partial charge is 0.453 e. The Balaban J connectivity index is 1.97. The van der Waals surface area contributed by atoms with Crippen molar-refractivity contribution in [3.05, 3.63) is 53.4 Å². The lowest BCUT2D eigenvalue weighted by molar-refractivity contribution is 0.108. The first-order chi connectivity index (χ1) is 9.65. The van der Waals surface area contributed by atoms with Gasteiger partial charge in [0.1, 0.15) is 11.3 Å². The van der Waals surface area contributed by atoms with Crippen LogP contribution in [0.25, 0.3) is 11.1 Å². The van der Waals surface area contributed by atoms with Gasteiger partial charge in [0.25, 0.3) is 5.24 Å². The Kier molecular flexibility index (Phi) is 3.34. The first-order valence-electron chi connectivity index (χ1n) is 5.64. The predicted molar refractivity (Wildman–Crippen MR) is 75.7 cm³/mol. The first kappa shape index (κ1) is 13.0. The Hall–Kier alpha value is -2.04. The van der Waals surface area contributed by atoms with Crippen LogP contribution in [0.15, 0.2) is 47.2 Å². The number of benzene rings is 2. The standard InChI is InChI=1S/C14H7Cl2NO3/c15-10-6-8(4-5-9(10)14(16)18)20-12-3-1-2-11-13(12)19-7-17-11/h1-7H. The van der Waals surface area contributed by atoms with Crippen LogP contribution in [0.4, 0.5) is 0 Å². The molecule has 6 heteroatoms. The molecule has 3 rings (SSSR count). The summed E-state index contributed by atoms with van der Waals surface area (Å²) >= 11 is 11.4. The highest BCUT2D eigenvalue weighted by atomic mass is 35.5. The molecule has 0 saturated heterocycles. The average Bonchev–Trinajstić information content (AvgIpc) is 2.87. The van der Waals surface area contributed by atoms with Gasteiger partial charge in [-0.3, -0.25) is 4.79 Å². The Morgan fingerprint density at radius 3 is 2.85 bits per heavy atom. The van der Waals surface area contributed by atoms with Gasteiger partial charge in [0.15, 0.2) is 17.7 Å². The highest BCUT2D eigenvalue weighted by Gasteiger charge is 2.11. The second-order valence-electron chi connectivity index (χ2n) is 3.97. The molecular weight excluding hydrogens is 301 g/mol. The third kappa shape index (κ3) is 2.35. The van der Waals surface area contributed by atoms with Crippen molar-refractivity contribution < 1.29 is 13.9 Å². The molecule has 0 aliphatic carbocycles. The summed E-state index contributed by atoms with van der Waals surface area (Å²) in [5.41, 5.74) is 1.47. The molecule has 100 valence electrons. The SMILES string of the molecule is O=C(Cl)c1ccc(Oc2cccc3ncoc23)cc1Cl. The van der Waals surface area contributed by atoms with Crippen molar-refractivity contribution in [3.63, 3.8) is 0 Å². The molecule has 0 radical (unpaired) electrons. The number of ether oxygens (including phenoxy) is 1. The quantitative estimate of drug-likeness (QED) is 0.661. The summed E-state index contributed by atoms with van der Waals surface area (Å²) < 4.78 is 11.0. The van der Waals surface area contributed by atoms with Crippen molar-refractivity contribution in [2.24, 2.45) is 0 Å². The maximum atomic E-state index is 11.1. The molecule has 0 saturated carbocycles. The van der Waals surface area contributed by atoms with E-state index in [1.54, 1.807) is 18.2 Å². The smallest absolute Gasteiger partial charge is 0.253 e. The number of para-hydroxylation sites is 1. The average molecular weight is 308 g/mol. The van der Waals surface area contributed by atoms with Gasteiger partial charge in [-0.25, -0.2) is 4.98 Å². The van der Waals surface area contributed by atoms with E-state index in [1.807, 2.05) is 6.07 Å². The van der Waals surface area contributed by atoms with Crippen LogP contribution in [0.2, 0.25) is 5.02 Å². The van der Waals surface area contributed by atoms with Crippen molar-refractivity contribution in [2.75, 3.05) is 0 Å². The Morgan fingerprint density at radius 1 is 1.25 bits per heavy atom. The Morgan fingerprint density at radius 2 is 2.10 bits per heavy atom. The monoisotopic (exact) mass is 307 g/mol. The molecule has 0 bridgehead atoms. The number of halogens is 2. The summed E-state index contributed by atoms with van der Waals surface area (Å²) in [7, 11) is 0. The predicted octanol–water partition coefficient (Wildman–Crippen LogP) is 4.65. The lowest BCUT2D eigenvalue weighted by Crippen LogP contribution is -1.91. The van der Waals surface area contributed by atoms with Crippen molar-refractivity contribution in [1.29, 1.82) is 0 Å². The Bertz CT molecular complexity index is 798. The molecule has 0 unspecified atom stereocenters. The van der Waals surface area contributed by atoms with Crippen molar-refractivity contribution in [1.82, 2.24) is 4.98 Å². The number of hydrogen-bond donors (Lipinski definition) is 0. The normalized spacial score (nSPS) is 10.7. The fourth-order valence-electron chi connectivity index (χ4n) is 1.79. The lowest BCUT2D eigenvalue weighted by atomic mass is 10.2. The number of rotatable bonds is 3. The van der Waals surface area contributed by atoms with Crippen LogP contribution in [0.5, 0.6) is 11.5 Å². The van der Waals surface area contributed by atoms with Gasteiger partial charge in [-0.2, -0.15) is 0 Å². The number of aromatic nitrogens is 1. The van der Waals surface area contributed by atoms with E-state index < -0.39 is 5.24 Å². The summed E-state index contributed by atoms with van der Waals surface area (Å²) in [5.74, 6) is 0.988. The highest BCUT2D eigenvalue weighted by Crippen LogP contribution is 2.31.